The Balaban J connectivity index is 2.19. The van der Waals surface area contributed by atoms with Crippen molar-refractivity contribution in [2.75, 3.05) is 32.2 Å². The fourth-order valence-electron chi connectivity index (χ4n) is 1.91. The highest BCUT2D eigenvalue weighted by molar-refractivity contribution is 6.32. The van der Waals surface area contributed by atoms with Crippen molar-refractivity contribution in [3.05, 3.63) is 23.2 Å². The highest BCUT2D eigenvalue weighted by atomic mass is 35.5. The molecule has 5 heteroatoms. The Morgan fingerprint density at radius 2 is 2.10 bits per heavy atom. The minimum absolute atomic E-state index is 0.351. The largest absolute Gasteiger partial charge is 0.495 e. The van der Waals surface area contributed by atoms with Gasteiger partial charge in [0, 0.05) is 24.9 Å². The van der Waals surface area contributed by atoms with Crippen LogP contribution in [0.3, 0.4) is 0 Å². The minimum Gasteiger partial charge on any atom is -0.495 e. The summed E-state index contributed by atoms with van der Waals surface area (Å²) in [6, 6.07) is 5.42. The predicted octanol–water partition coefficient (Wildman–Crippen LogP) is 3.72. The van der Waals surface area contributed by atoms with Crippen molar-refractivity contribution in [1.82, 2.24) is 0 Å². The minimum atomic E-state index is -0.530. The van der Waals surface area contributed by atoms with E-state index in [2.05, 4.69) is 12.2 Å². The molecule has 0 heterocycles. The molecule has 0 aliphatic heterocycles. The maximum atomic E-state index is 9.85. The van der Waals surface area contributed by atoms with E-state index in [1.165, 1.54) is 19.3 Å². The van der Waals surface area contributed by atoms with Gasteiger partial charge in [0.25, 0.3) is 0 Å². The molecule has 0 amide bonds. The van der Waals surface area contributed by atoms with Gasteiger partial charge in [0.05, 0.1) is 24.8 Å². The van der Waals surface area contributed by atoms with Crippen LogP contribution in [0.5, 0.6) is 5.75 Å². The lowest BCUT2D eigenvalue weighted by Crippen LogP contribution is -2.25. The molecule has 1 aromatic rings. The van der Waals surface area contributed by atoms with Crippen molar-refractivity contribution >= 4 is 17.3 Å². The van der Waals surface area contributed by atoms with E-state index in [0.29, 0.717) is 30.5 Å². The van der Waals surface area contributed by atoms with E-state index >= 15 is 0 Å². The number of benzene rings is 1. The fraction of sp³-hybridized carbons (Fsp3) is 0.625. The second-order valence-electron chi connectivity index (χ2n) is 5.02. The topological polar surface area (TPSA) is 50.7 Å². The smallest absolute Gasteiger partial charge is 0.139 e. The molecular formula is C16H26ClNO3. The van der Waals surface area contributed by atoms with Crippen LogP contribution in [-0.4, -0.2) is 38.1 Å². The number of nitrogens with one attached hydrogen (secondary N) is 1. The third kappa shape index (κ3) is 7.55. The quantitative estimate of drug-likeness (QED) is 0.611. The van der Waals surface area contributed by atoms with Crippen LogP contribution in [0.4, 0.5) is 5.69 Å². The molecular weight excluding hydrogens is 290 g/mol. The fourth-order valence-corrected chi connectivity index (χ4v) is 2.11. The number of anilines is 1. The third-order valence-corrected chi connectivity index (χ3v) is 3.46. The van der Waals surface area contributed by atoms with Crippen molar-refractivity contribution in [1.29, 1.82) is 0 Å². The number of aliphatic hydroxyl groups is 1. The predicted molar refractivity (Wildman–Crippen MR) is 87.5 cm³/mol. The molecule has 0 aliphatic rings. The van der Waals surface area contributed by atoms with Crippen molar-refractivity contribution in [2.24, 2.45) is 0 Å². The van der Waals surface area contributed by atoms with E-state index in [1.54, 1.807) is 19.2 Å². The highest BCUT2D eigenvalue weighted by Gasteiger charge is 2.06. The zero-order valence-corrected chi connectivity index (χ0v) is 13.7. The van der Waals surface area contributed by atoms with Crippen LogP contribution in [0.1, 0.15) is 32.6 Å². The average molecular weight is 316 g/mol. The summed E-state index contributed by atoms with van der Waals surface area (Å²) in [4.78, 5) is 0. The van der Waals surface area contributed by atoms with Gasteiger partial charge in [0.1, 0.15) is 5.75 Å². The molecule has 0 bridgehead atoms. The number of rotatable bonds is 11. The molecule has 0 aliphatic carbocycles. The molecule has 0 radical (unpaired) electrons. The summed E-state index contributed by atoms with van der Waals surface area (Å²) in [7, 11) is 1.58. The van der Waals surface area contributed by atoms with Gasteiger partial charge >= 0.3 is 0 Å². The average Bonchev–Trinajstić information content (AvgIpc) is 2.50. The number of halogens is 1. The van der Waals surface area contributed by atoms with Crippen LogP contribution in [-0.2, 0) is 4.74 Å². The molecule has 1 atom stereocenters. The van der Waals surface area contributed by atoms with Gasteiger partial charge in [-0.05, 0) is 18.6 Å². The Kier molecular flexibility index (Phi) is 9.22. The van der Waals surface area contributed by atoms with Gasteiger partial charge in [-0.25, -0.2) is 0 Å². The number of hydrogen-bond acceptors (Lipinski definition) is 4. The monoisotopic (exact) mass is 315 g/mol. The molecule has 0 aromatic heterocycles. The van der Waals surface area contributed by atoms with E-state index < -0.39 is 6.10 Å². The van der Waals surface area contributed by atoms with Crippen LogP contribution in [0.25, 0.3) is 0 Å². The van der Waals surface area contributed by atoms with Gasteiger partial charge in [-0.3, -0.25) is 0 Å². The lowest BCUT2D eigenvalue weighted by Gasteiger charge is -2.14. The molecule has 1 aromatic carbocycles. The molecule has 21 heavy (non-hydrogen) atoms. The SMILES string of the molecule is CCCCCCOCC(O)CNc1ccc(Cl)c(OC)c1. The van der Waals surface area contributed by atoms with Gasteiger partial charge < -0.3 is 19.9 Å². The van der Waals surface area contributed by atoms with E-state index in [9.17, 15) is 5.11 Å². The van der Waals surface area contributed by atoms with E-state index in [0.717, 1.165) is 12.1 Å². The summed E-state index contributed by atoms with van der Waals surface area (Å²) in [6.45, 7) is 3.68. The Hall–Kier alpha value is -0.970. The maximum Gasteiger partial charge on any atom is 0.139 e. The van der Waals surface area contributed by atoms with Crippen molar-refractivity contribution in [2.45, 2.75) is 38.7 Å². The van der Waals surface area contributed by atoms with E-state index in [1.807, 2.05) is 6.07 Å². The Labute approximate surface area is 132 Å². The molecule has 120 valence electrons. The summed E-state index contributed by atoms with van der Waals surface area (Å²) in [6.07, 6.45) is 4.18. The van der Waals surface area contributed by atoms with Crippen molar-refractivity contribution < 1.29 is 14.6 Å². The zero-order chi connectivity index (χ0) is 15.5. The first-order chi connectivity index (χ1) is 10.2. The molecule has 1 rings (SSSR count). The van der Waals surface area contributed by atoms with Crippen molar-refractivity contribution in [3.8, 4) is 5.75 Å². The summed E-state index contributed by atoms with van der Waals surface area (Å²) >= 11 is 5.96. The van der Waals surface area contributed by atoms with Gasteiger partial charge in [-0.15, -0.1) is 0 Å². The highest BCUT2D eigenvalue weighted by Crippen LogP contribution is 2.27. The number of hydrogen-bond donors (Lipinski definition) is 2. The van der Waals surface area contributed by atoms with E-state index in [4.69, 9.17) is 21.1 Å². The summed E-state index contributed by atoms with van der Waals surface area (Å²) in [5, 5.41) is 13.6. The lowest BCUT2D eigenvalue weighted by molar-refractivity contribution is 0.0417. The number of aliphatic hydroxyl groups excluding tert-OH is 1. The number of ether oxygens (including phenoxy) is 2. The van der Waals surface area contributed by atoms with Gasteiger partial charge in [-0.2, -0.15) is 0 Å². The van der Waals surface area contributed by atoms with Crippen LogP contribution >= 0.6 is 11.6 Å². The standard InChI is InChI=1S/C16H26ClNO3/c1-3-4-5-6-9-21-12-14(19)11-18-13-7-8-15(17)16(10-13)20-2/h7-8,10,14,18-19H,3-6,9,11-12H2,1-2H3. The summed E-state index contributed by atoms with van der Waals surface area (Å²) in [5.74, 6) is 0.614. The normalized spacial score (nSPS) is 12.2. The van der Waals surface area contributed by atoms with Crippen LogP contribution in [0.2, 0.25) is 5.02 Å². The van der Waals surface area contributed by atoms with Crippen LogP contribution < -0.4 is 10.1 Å². The maximum absolute atomic E-state index is 9.85. The molecule has 2 N–H and O–H groups in total. The molecule has 0 spiro atoms. The summed E-state index contributed by atoms with van der Waals surface area (Å²) < 4.78 is 10.6. The molecule has 1 unspecified atom stereocenters. The first-order valence-electron chi connectivity index (χ1n) is 7.50. The second-order valence-corrected chi connectivity index (χ2v) is 5.43. The zero-order valence-electron chi connectivity index (χ0n) is 12.9. The molecule has 4 nitrogen and oxygen atoms in total. The van der Waals surface area contributed by atoms with Gasteiger partial charge in [0.15, 0.2) is 0 Å². The second kappa shape index (κ2) is 10.7. The first kappa shape index (κ1) is 18.1. The van der Waals surface area contributed by atoms with Crippen molar-refractivity contribution in [3.63, 3.8) is 0 Å². The van der Waals surface area contributed by atoms with Gasteiger partial charge in [0.2, 0.25) is 0 Å². The number of unbranched alkanes of at least 4 members (excludes halogenated alkanes) is 3. The molecule has 0 saturated carbocycles. The Morgan fingerprint density at radius 1 is 1.29 bits per heavy atom. The Bertz CT molecular complexity index is 401. The molecule has 0 fully saturated rings. The van der Waals surface area contributed by atoms with E-state index in [-0.39, 0.29) is 0 Å². The molecule has 0 saturated heterocycles. The van der Waals surface area contributed by atoms with Crippen LogP contribution in [0, 0.1) is 0 Å². The van der Waals surface area contributed by atoms with Gasteiger partial charge in [-0.1, -0.05) is 37.8 Å². The first-order valence-corrected chi connectivity index (χ1v) is 7.88. The summed E-state index contributed by atoms with van der Waals surface area (Å²) in [5.41, 5.74) is 0.859. The number of methoxy groups -OCH3 is 1. The Morgan fingerprint density at radius 3 is 2.81 bits per heavy atom. The lowest BCUT2D eigenvalue weighted by atomic mass is 10.2. The third-order valence-electron chi connectivity index (χ3n) is 3.15. The van der Waals surface area contributed by atoms with Crippen LogP contribution in [0.15, 0.2) is 18.2 Å².